The number of hydrogen-bond donors (Lipinski definition) is 2. The van der Waals surface area contributed by atoms with Crippen LogP contribution in [0.3, 0.4) is 0 Å². The van der Waals surface area contributed by atoms with Crippen LogP contribution >= 0.6 is 11.6 Å². The van der Waals surface area contributed by atoms with E-state index in [0.29, 0.717) is 16.2 Å². The smallest absolute Gasteiger partial charge is 0.255 e. The zero-order valence-corrected chi connectivity index (χ0v) is 15.6. The molecule has 6 nitrogen and oxygen atoms in total. The van der Waals surface area contributed by atoms with Crippen molar-refractivity contribution in [2.24, 2.45) is 0 Å². The molecule has 2 aromatic carbocycles. The van der Waals surface area contributed by atoms with Gasteiger partial charge in [-0.3, -0.25) is 9.78 Å². The molecule has 1 heterocycles. The van der Waals surface area contributed by atoms with Crippen LogP contribution in [0.1, 0.15) is 15.9 Å². The van der Waals surface area contributed by atoms with Crippen molar-refractivity contribution in [3.05, 3.63) is 64.8 Å². The number of aromatic nitrogens is 1. The Morgan fingerprint density at radius 3 is 2.65 bits per heavy atom. The van der Waals surface area contributed by atoms with Crippen molar-refractivity contribution in [2.45, 2.75) is 11.8 Å². The summed E-state index contributed by atoms with van der Waals surface area (Å²) in [7, 11) is -2.31. The van der Waals surface area contributed by atoms with Crippen LogP contribution in [0.15, 0.2) is 53.6 Å². The zero-order valence-electron chi connectivity index (χ0n) is 14.1. The lowest BCUT2D eigenvalue weighted by Gasteiger charge is -2.11. The first-order chi connectivity index (χ1) is 12.3. The number of benzene rings is 2. The maximum absolute atomic E-state index is 12.6. The summed E-state index contributed by atoms with van der Waals surface area (Å²) in [5, 5.41) is 4.15. The summed E-state index contributed by atoms with van der Waals surface area (Å²) < 4.78 is 26.1. The van der Waals surface area contributed by atoms with Crippen molar-refractivity contribution < 1.29 is 13.2 Å². The van der Waals surface area contributed by atoms with Crippen molar-refractivity contribution >= 4 is 44.1 Å². The van der Waals surface area contributed by atoms with Gasteiger partial charge in [0.2, 0.25) is 10.0 Å². The molecule has 0 saturated carbocycles. The fourth-order valence-electron chi connectivity index (χ4n) is 2.56. The molecular formula is C18H16ClN3O3S. The predicted octanol–water partition coefficient (Wildman–Crippen LogP) is 3.36. The summed E-state index contributed by atoms with van der Waals surface area (Å²) in [4.78, 5) is 16.9. The number of carbonyl (C=O) groups is 1. The normalized spacial score (nSPS) is 11.5. The van der Waals surface area contributed by atoms with E-state index in [0.717, 1.165) is 10.9 Å². The van der Waals surface area contributed by atoms with Gasteiger partial charge < -0.3 is 5.32 Å². The highest BCUT2D eigenvalue weighted by atomic mass is 35.5. The molecule has 0 aliphatic carbocycles. The average molecular weight is 390 g/mol. The van der Waals surface area contributed by atoms with Crippen LogP contribution in [0.2, 0.25) is 5.02 Å². The summed E-state index contributed by atoms with van der Waals surface area (Å²) in [6.07, 6.45) is 1.59. The SMILES string of the molecule is CNS(=O)(=O)c1cccc(C(=O)Nc2ccnc3c(C)c(Cl)ccc23)c1. The number of amides is 1. The Balaban J connectivity index is 1.98. The third-order valence-corrected chi connectivity index (χ3v) is 5.84. The summed E-state index contributed by atoms with van der Waals surface area (Å²) in [5.74, 6) is -0.418. The van der Waals surface area contributed by atoms with Crippen LogP contribution in [0.25, 0.3) is 10.9 Å². The molecule has 1 amide bonds. The molecule has 0 aliphatic rings. The third-order valence-electron chi connectivity index (χ3n) is 4.02. The van der Waals surface area contributed by atoms with E-state index >= 15 is 0 Å². The molecular weight excluding hydrogens is 374 g/mol. The minimum absolute atomic E-state index is 0.0230. The van der Waals surface area contributed by atoms with E-state index in [9.17, 15) is 13.2 Å². The Hall–Kier alpha value is -2.48. The summed E-state index contributed by atoms with van der Waals surface area (Å²) in [5.41, 5.74) is 2.32. The number of aryl methyl sites for hydroxylation is 1. The van der Waals surface area contributed by atoms with Crippen molar-refractivity contribution in [1.29, 1.82) is 0 Å². The second kappa shape index (κ2) is 7.03. The molecule has 0 spiro atoms. The maximum atomic E-state index is 12.6. The van der Waals surface area contributed by atoms with Crippen LogP contribution < -0.4 is 10.0 Å². The summed E-state index contributed by atoms with van der Waals surface area (Å²) in [6.45, 7) is 1.86. The van der Waals surface area contributed by atoms with E-state index in [1.54, 1.807) is 30.5 Å². The molecule has 26 heavy (non-hydrogen) atoms. The first kappa shape index (κ1) is 18.3. The molecule has 134 valence electrons. The molecule has 0 saturated heterocycles. The fourth-order valence-corrected chi connectivity index (χ4v) is 3.49. The zero-order chi connectivity index (χ0) is 18.9. The van der Waals surface area contributed by atoms with Crippen LogP contribution in [0, 0.1) is 6.92 Å². The van der Waals surface area contributed by atoms with Gasteiger partial charge in [0.1, 0.15) is 0 Å². The van der Waals surface area contributed by atoms with Gasteiger partial charge in [0.05, 0.1) is 16.1 Å². The topological polar surface area (TPSA) is 88.2 Å². The van der Waals surface area contributed by atoms with E-state index in [1.807, 2.05) is 6.92 Å². The highest BCUT2D eigenvalue weighted by molar-refractivity contribution is 7.89. The molecule has 1 aromatic heterocycles. The molecule has 0 bridgehead atoms. The fraction of sp³-hybridized carbons (Fsp3) is 0.111. The standard InChI is InChI=1S/C18H16ClN3O3S/c1-11-15(19)7-6-14-16(8-9-21-17(11)14)22-18(23)12-4-3-5-13(10-12)26(24,25)20-2/h3-10,20H,1-2H3,(H,21,22,23). The monoisotopic (exact) mass is 389 g/mol. The van der Waals surface area contributed by atoms with Crippen LogP contribution in [-0.2, 0) is 10.0 Å². The third kappa shape index (κ3) is 3.41. The first-order valence-electron chi connectivity index (χ1n) is 7.72. The van der Waals surface area contributed by atoms with Gasteiger partial charge in [-0.15, -0.1) is 0 Å². The van der Waals surface area contributed by atoms with Crippen LogP contribution in [0.5, 0.6) is 0 Å². The highest BCUT2D eigenvalue weighted by Crippen LogP contribution is 2.28. The van der Waals surface area contributed by atoms with Crippen LogP contribution in [-0.4, -0.2) is 26.4 Å². The number of nitrogens with zero attached hydrogens (tertiary/aromatic N) is 1. The molecule has 0 fully saturated rings. The van der Waals surface area contributed by atoms with Gasteiger partial charge >= 0.3 is 0 Å². The highest BCUT2D eigenvalue weighted by Gasteiger charge is 2.15. The molecule has 3 aromatic rings. The quantitative estimate of drug-likeness (QED) is 0.716. The number of fused-ring (bicyclic) bond motifs is 1. The molecule has 0 atom stereocenters. The molecule has 8 heteroatoms. The number of sulfonamides is 1. The number of rotatable bonds is 4. The van der Waals surface area contributed by atoms with E-state index < -0.39 is 15.9 Å². The number of nitrogens with one attached hydrogen (secondary N) is 2. The van der Waals surface area contributed by atoms with Crippen molar-refractivity contribution in [3.63, 3.8) is 0 Å². The van der Waals surface area contributed by atoms with Crippen molar-refractivity contribution in [2.75, 3.05) is 12.4 Å². The van der Waals surface area contributed by atoms with E-state index in [-0.39, 0.29) is 10.5 Å². The van der Waals surface area contributed by atoms with Gasteiger partial charge in [-0.1, -0.05) is 17.7 Å². The van der Waals surface area contributed by atoms with E-state index in [2.05, 4.69) is 15.0 Å². The van der Waals surface area contributed by atoms with Gasteiger partial charge in [0.25, 0.3) is 5.91 Å². The molecule has 0 unspecified atom stereocenters. The van der Waals surface area contributed by atoms with Gasteiger partial charge in [-0.05, 0) is 55.9 Å². The average Bonchev–Trinajstić information content (AvgIpc) is 2.65. The number of halogens is 1. The lowest BCUT2D eigenvalue weighted by atomic mass is 10.1. The minimum Gasteiger partial charge on any atom is -0.321 e. The van der Waals surface area contributed by atoms with Crippen molar-refractivity contribution in [3.8, 4) is 0 Å². The second-order valence-electron chi connectivity index (χ2n) is 5.62. The van der Waals surface area contributed by atoms with E-state index in [1.165, 1.54) is 25.2 Å². The molecule has 2 N–H and O–H groups in total. The summed E-state index contributed by atoms with van der Waals surface area (Å²) >= 11 is 6.13. The Morgan fingerprint density at radius 1 is 1.15 bits per heavy atom. The van der Waals surface area contributed by atoms with Gasteiger partial charge in [-0.2, -0.15) is 0 Å². The van der Waals surface area contributed by atoms with Crippen molar-refractivity contribution in [1.82, 2.24) is 9.71 Å². The summed E-state index contributed by atoms with van der Waals surface area (Å²) in [6, 6.07) is 11.0. The number of carbonyl (C=O) groups excluding carboxylic acids is 1. The maximum Gasteiger partial charge on any atom is 0.255 e. The Morgan fingerprint density at radius 2 is 1.92 bits per heavy atom. The van der Waals surface area contributed by atoms with Gasteiger partial charge in [-0.25, -0.2) is 13.1 Å². The van der Waals surface area contributed by atoms with Crippen LogP contribution in [0.4, 0.5) is 5.69 Å². The lowest BCUT2D eigenvalue weighted by molar-refractivity contribution is 0.102. The predicted molar refractivity (Wildman–Crippen MR) is 102 cm³/mol. The first-order valence-corrected chi connectivity index (χ1v) is 9.58. The number of hydrogen-bond acceptors (Lipinski definition) is 4. The molecule has 0 aliphatic heterocycles. The largest absolute Gasteiger partial charge is 0.321 e. The lowest BCUT2D eigenvalue weighted by Crippen LogP contribution is -2.19. The Bertz CT molecular complexity index is 1110. The molecule has 0 radical (unpaired) electrons. The molecule has 3 rings (SSSR count). The second-order valence-corrected chi connectivity index (χ2v) is 7.91. The van der Waals surface area contributed by atoms with E-state index in [4.69, 9.17) is 11.6 Å². The Kier molecular flexibility index (Phi) is 4.95. The van der Waals surface area contributed by atoms with Gasteiger partial charge in [0.15, 0.2) is 0 Å². The Labute approximate surface area is 156 Å². The minimum atomic E-state index is -3.63. The number of anilines is 1. The number of pyridine rings is 1. The van der Waals surface area contributed by atoms with Gasteiger partial charge in [0, 0.05) is 22.2 Å².